The van der Waals surface area contributed by atoms with Gasteiger partial charge in [0.15, 0.2) is 0 Å². The predicted molar refractivity (Wildman–Crippen MR) is 76.1 cm³/mol. The highest BCUT2D eigenvalue weighted by Gasteiger charge is 2.26. The maximum atomic E-state index is 12.1. The van der Waals surface area contributed by atoms with E-state index in [4.69, 9.17) is 10.8 Å². The second kappa shape index (κ2) is 6.41. The number of nitrogen functional groups attached to an aromatic ring is 1. The molecule has 3 N–H and O–H groups in total. The number of aryl methyl sites for hydroxylation is 1. The van der Waals surface area contributed by atoms with Gasteiger partial charge in [-0.1, -0.05) is 12.1 Å². The number of piperidine rings is 1. The van der Waals surface area contributed by atoms with Crippen LogP contribution in [0.25, 0.3) is 0 Å². The number of hydrogen-bond donors (Lipinski definition) is 2. The van der Waals surface area contributed by atoms with Crippen molar-refractivity contribution in [2.75, 3.05) is 18.8 Å². The van der Waals surface area contributed by atoms with Crippen LogP contribution in [-0.2, 0) is 16.0 Å². The molecule has 0 radical (unpaired) electrons. The number of rotatable bonds is 4. The van der Waals surface area contributed by atoms with E-state index < -0.39 is 5.97 Å². The van der Waals surface area contributed by atoms with E-state index in [1.807, 2.05) is 24.3 Å². The van der Waals surface area contributed by atoms with E-state index in [0.717, 1.165) is 11.3 Å². The molecular formula is C15H20N2O3. The zero-order valence-corrected chi connectivity index (χ0v) is 11.4. The first kappa shape index (κ1) is 14.4. The number of benzene rings is 1. The molecule has 1 heterocycles. The summed E-state index contributed by atoms with van der Waals surface area (Å²) < 4.78 is 0. The molecule has 0 aliphatic carbocycles. The molecule has 1 aliphatic rings. The van der Waals surface area contributed by atoms with Crippen LogP contribution in [0.15, 0.2) is 24.3 Å². The smallest absolute Gasteiger partial charge is 0.306 e. The summed E-state index contributed by atoms with van der Waals surface area (Å²) in [5.74, 6) is -0.944. The van der Waals surface area contributed by atoms with E-state index in [9.17, 15) is 9.59 Å². The summed E-state index contributed by atoms with van der Waals surface area (Å²) in [6.07, 6.45) is 2.27. The molecule has 0 atom stereocenters. The molecule has 0 bridgehead atoms. The van der Waals surface area contributed by atoms with Crippen molar-refractivity contribution in [2.24, 2.45) is 5.92 Å². The van der Waals surface area contributed by atoms with Gasteiger partial charge in [-0.15, -0.1) is 0 Å². The zero-order valence-electron chi connectivity index (χ0n) is 11.4. The van der Waals surface area contributed by atoms with Crippen LogP contribution in [0.3, 0.4) is 0 Å². The van der Waals surface area contributed by atoms with Crippen molar-refractivity contribution in [1.82, 2.24) is 4.90 Å². The molecule has 2 rings (SSSR count). The standard InChI is InChI=1S/C15H20N2O3/c16-13-4-1-11(2-5-13)3-6-14(18)17-9-7-12(8-10-17)15(19)20/h1-2,4-5,12H,3,6-10,16H2,(H,19,20). The second-order valence-corrected chi connectivity index (χ2v) is 5.23. The van der Waals surface area contributed by atoms with Gasteiger partial charge in [-0.25, -0.2) is 0 Å². The molecule has 0 unspecified atom stereocenters. The maximum Gasteiger partial charge on any atom is 0.306 e. The summed E-state index contributed by atoms with van der Waals surface area (Å²) >= 11 is 0. The largest absolute Gasteiger partial charge is 0.481 e. The zero-order chi connectivity index (χ0) is 14.5. The van der Waals surface area contributed by atoms with Gasteiger partial charge < -0.3 is 15.7 Å². The molecule has 1 amide bonds. The van der Waals surface area contributed by atoms with Crippen molar-refractivity contribution in [1.29, 1.82) is 0 Å². The molecule has 5 nitrogen and oxygen atoms in total. The quantitative estimate of drug-likeness (QED) is 0.817. The third-order valence-electron chi connectivity index (χ3n) is 3.80. The van der Waals surface area contributed by atoms with Crippen molar-refractivity contribution in [3.05, 3.63) is 29.8 Å². The SMILES string of the molecule is Nc1ccc(CCC(=O)N2CCC(C(=O)O)CC2)cc1. The molecule has 20 heavy (non-hydrogen) atoms. The number of carboxylic acid groups (broad SMARTS) is 1. The highest BCUT2D eigenvalue weighted by molar-refractivity contribution is 5.77. The molecule has 1 aromatic carbocycles. The number of carbonyl (C=O) groups excluding carboxylic acids is 1. The summed E-state index contributed by atoms with van der Waals surface area (Å²) in [4.78, 5) is 24.7. The predicted octanol–water partition coefficient (Wildman–Crippen LogP) is 1.52. The first-order valence-corrected chi connectivity index (χ1v) is 6.91. The van der Waals surface area contributed by atoms with E-state index in [-0.39, 0.29) is 11.8 Å². The molecule has 1 saturated heterocycles. The average molecular weight is 276 g/mol. The van der Waals surface area contributed by atoms with Crippen molar-refractivity contribution >= 4 is 17.6 Å². The number of carbonyl (C=O) groups is 2. The number of nitrogens with zero attached hydrogens (tertiary/aromatic N) is 1. The Bertz CT molecular complexity index is 476. The molecular weight excluding hydrogens is 256 g/mol. The Morgan fingerprint density at radius 3 is 2.35 bits per heavy atom. The van der Waals surface area contributed by atoms with Gasteiger partial charge >= 0.3 is 5.97 Å². The molecule has 0 spiro atoms. The van der Waals surface area contributed by atoms with E-state index in [0.29, 0.717) is 38.8 Å². The molecule has 1 fully saturated rings. The van der Waals surface area contributed by atoms with Crippen LogP contribution < -0.4 is 5.73 Å². The van der Waals surface area contributed by atoms with E-state index >= 15 is 0 Å². The topological polar surface area (TPSA) is 83.6 Å². The third kappa shape index (κ3) is 3.73. The minimum atomic E-state index is -0.751. The Labute approximate surface area is 118 Å². The minimum absolute atomic E-state index is 0.102. The maximum absolute atomic E-state index is 12.1. The van der Waals surface area contributed by atoms with Crippen LogP contribution in [0.1, 0.15) is 24.8 Å². The summed E-state index contributed by atoms with van der Waals surface area (Å²) in [6, 6.07) is 7.52. The number of amides is 1. The Hall–Kier alpha value is -2.04. The normalized spacial score (nSPS) is 16.1. The lowest BCUT2D eigenvalue weighted by Gasteiger charge is -2.30. The van der Waals surface area contributed by atoms with Crippen molar-refractivity contribution < 1.29 is 14.7 Å². The summed E-state index contributed by atoms with van der Waals surface area (Å²) in [5, 5.41) is 8.92. The highest BCUT2D eigenvalue weighted by atomic mass is 16.4. The van der Waals surface area contributed by atoms with Crippen molar-refractivity contribution in [2.45, 2.75) is 25.7 Å². The Balaban J connectivity index is 1.78. The monoisotopic (exact) mass is 276 g/mol. The minimum Gasteiger partial charge on any atom is -0.481 e. The van der Waals surface area contributed by atoms with Crippen LogP contribution in [-0.4, -0.2) is 35.0 Å². The molecule has 0 aromatic heterocycles. The van der Waals surface area contributed by atoms with Gasteiger partial charge in [-0.05, 0) is 37.0 Å². The third-order valence-corrected chi connectivity index (χ3v) is 3.80. The fraction of sp³-hybridized carbons (Fsp3) is 0.467. The van der Waals surface area contributed by atoms with Crippen molar-refractivity contribution in [3.8, 4) is 0 Å². The molecule has 1 aliphatic heterocycles. The number of aliphatic carboxylic acids is 1. The van der Waals surface area contributed by atoms with Crippen LogP contribution in [0.5, 0.6) is 0 Å². The Kier molecular flexibility index (Phi) is 4.61. The summed E-state index contributed by atoms with van der Waals surface area (Å²) in [7, 11) is 0. The Morgan fingerprint density at radius 2 is 1.80 bits per heavy atom. The number of likely N-dealkylation sites (tertiary alicyclic amines) is 1. The molecule has 0 saturated carbocycles. The van der Waals surface area contributed by atoms with Gasteiger partial charge in [0.2, 0.25) is 5.91 Å². The number of anilines is 1. The van der Waals surface area contributed by atoms with Gasteiger partial charge in [0.05, 0.1) is 5.92 Å². The van der Waals surface area contributed by atoms with Crippen LogP contribution in [0, 0.1) is 5.92 Å². The lowest BCUT2D eigenvalue weighted by molar-refractivity contribution is -0.145. The van der Waals surface area contributed by atoms with Gasteiger partial charge in [-0.2, -0.15) is 0 Å². The van der Waals surface area contributed by atoms with Crippen LogP contribution >= 0.6 is 0 Å². The van der Waals surface area contributed by atoms with Crippen molar-refractivity contribution in [3.63, 3.8) is 0 Å². The van der Waals surface area contributed by atoms with E-state index in [1.165, 1.54) is 0 Å². The van der Waals surface area contributed by atoms with Gasteiger partial charge in [0, 0.05) is 25.2 Å². The molecule has 108 valence electrons. The highest BCUT2D eigenvalue weighted by Crippen LogP contribution is 2.18. The number of hydrogen-bond acceptors (Lipinski definition) is 3. The fourth-order valence-corrected chi connectivity index (χ4v) is 2.47. The fourth-order valence-electron chi connectivity index (χ4n) is 2.47. The summed E-state index contributed by atoms with van der Waals surface area (Å²) in [5.41, 5.74) is 7.42. The summed E-state index contributed by atoms with van der Waals surface area (Å²) in [6.45, 7) is 1.11. The van der Waals surface area contributed by atoms with E-state index in [1.54, 1.807) is 4.90 Å². The molecule has 1 aromatic rings. The first-order valence-electron chi connectivity index (χ1n) is 6.91. The van der Waals surface area contributed by atoms with Gasteiger partial charge in [0.25, 0.3) is 0 Å². The van der Waals surface area contributed by atoms with Gasteiger partial charge in [-0.3, -0.25) is 9.59 Å². The first-order chi connectivity index (χ1) is 9.56. The second-order valence-electron chi connectivity index (χ2n) is 5.23. The number of carboxylic acids is 1. The Morgan fingerprint density at radius 1 is 1.20 bits per heavy atom. The van der Waals surface area contributed by atoms with Crippen LogP contribution in [0.4, 0.5) is 5.69 Å². The lowest BCUT2D eigenvalue weighted by atomic mass is 9.96. The average Bonchev–Trinajstić information content (AvgIpc) is 2.46. The van der Waals surface area contributed by atoms with E-state index in [2.05, 4.69) is 0 Å². The van der Waals surface area contributed by atoms with Crippen LogP contribution in [0.2, 0.25) is 0 Å². The lowest BCUT2D eigenvalue weighted by Crippen LogP contribution is -2.40. The number of nitrogens with two attached hydrogens (primary N) is 1. The molecule has 5 heteroatoms. The van der Waals surface area contributed by atoms with Gasteiger partial charge in [0.1, 0.15) is 0 Å².